The zero-order chi connectivity index (χ0) is 10.1. The molecule has 0 spiro atoms. The second-order valence-corrected chi connectivity index (χ2v) is 3.32. The molecule has 0 saturated heterocycles. The van der Waals surface area contributed by atoms with Crippen molar-refractivity contribution in [2.24, 2.45) is 0 Å². The van der Waals surface area contributed by atoms with Crippen LogP contribution in [-0.2, 0) is 0 Å². The van der Waals surface area contributed by atoms with Crippen LogP contribution < -0.4 is 5.73 Å². The van der Waals surface area contributed by atoms with Crippen LogP contribution in [0.25, 0.3) is 5.69 Å². The molecule has 0 unspecified atom stereocenters. The second-order valence-electron chi connectivity index (χ2n) is 3.32. The SMILES string of the molecule is Cc1ccc(-n2cnc(N)n2)cc1C. The fraction of sp³-hybridized carbons (Fsp3) is 0.200. The van der Waals surface area contributed by atoms with Crippen LogP contribution in [0.2, 0.25) is 0 Å². The first-order chi connectivity index (χ1) is 6.66. The Hall–Kier alpha value is -1.84. The number of anilines is 1. The van der Waals surface area contributed by atoms with Crippen molar-refractivity contribution < 1.29 is 0 Å². The summed E-state index contributed by atoms with van der Waals surface area (Å²) < 4.78 is 1.67. The molecule has 1 aromatic heterocycles. The maximum Gasteiger partial charge on any atom is 0.239 e. The summed E-state index contributed by atoms with van der Waals surface area (Å²) in [5.41, 5.74) is 8.92. The molecule has 1 aromatic carbocycles. The summed E-state index contributed by atoms with van der Waals surface area (Å²) in [6, 6.07) is 6.11. The predicted molar refractivity (Wildman–Crippen MR) is 55.2 cm³/mol. The third kappa shape index (κ3) is 1.46. The zero-order valence-corrected chi connectivity index (χ0v) is 8.23. The first-order valence-corrected chi connectivity index (χ1v) is 4.41. The van der Waals surface area contributed by atoms with Crippen molar-refractivity contribution in [3.05, 3.63) is 35.7 Å². The third-order valence-corrected chi connectivity index (χ3v) is 2.26. The molecule has 2 rings (SSSR count). The van der Waals surface area contributed by atoms with E-state index in [0.717, 1.165) is 5.69 Å². The van der Waals surface area contributed by atoms with E-state index >= 15 is 0 Å². The summed E-state index contributed by atoms with van der Waals surface area (Å²) in [6.07, 6.45) is 1.61. The normalized spacial score (nSPS) is 10.4. The quantitative estimate of drug-likeness (QED) is 0.737. The summed E-state index contributed by atoms with van der Waals surface area (Å²) in [5, 5.41) is 4.04. The number of benzene rings is 1. The van der Waals surface area contributed by atoms with E-state index < -0.39 is 0 Å². The predicted octanol–water partition coefficient (Wildman–Crippen LogP) is 1.47. The van der Waals surface area contributed by atoms with E-state index in [2.05, 4.69) is 36.1 Å². The number of hydrogen-bond donors (Lipinski definition) is 1. The van der Waals surface area contributed by atoms with E-state index in [1.807, 2.05) is 6.07 Å². The molecule has 4 nitrogen and oxygen atoms in total. The van der Waals surface area contributed by atoms with E-state index in [1.54, 1.807) is 11.0 Å². The molecule has 4 heteroatoms. The van der Waals surface area contributed by atoms with Crippen LogP contribution in [0.5, 0.6) is 0 Å². The zero-order valence-electron chi connectivity index (χ0n) is 8.23. The van der Waals surface area contributed by atoms with Gasteiger partial charge < -0.3 is 5.73 Å². The average molecular weight is 188 g/mol. The van der Waals surface area contributed by atoms with Gasteiger partial charge in [0.05, 0.1) is 5.69 Å². The van der Waals surface area contributed by atoms with Gasteiger partial charge in [-0.05, 0) is 37.1 Å². The van der Waals surface area contributed by atoms with Gasteiger partial charge >= 0.3 is 0 Å². The number of rotatable bonds is 1. The minimum absolute atomic E-state index is 0.295. The minimum Gasteiger partial charge on any atom is -0.366 e. The molecular weight excluding hydrogens is 176 g/mol. The molecule has 0 fully saturated rings. The van der Waals surface area contributed by atoms with Crippen LogP contribution >= 0.6 is 0 Å². The lowest BCUT2D eigenvalue weighted by atomic mass is 10.1. The van der Waals surface area contributed by atoms with Crippen molar-refractivity contribution in [1.29, 1.82) is 0 Å². The van der Waals surface area contributed by atoms with Gasteiger partial charge in [0.1, 0.15) is 6.33 Å². The average Bonchev–Trinajstić information content (AvgIpc) is 2.57. The highest BCUT2D eigenvalue weighted by molar-refractivity contribution is 5.39. The molecular formula is C10H12N4. The van der Waals surface area contributed by atoms with Crippen LogP contribution in [0.1, 0.15) is 11.1 Å². The van der Waals surface area contributed by atoms with E-state index in [-0.39, 0.29) is 0 Å². The summed E-state index contributed by atoms with van der Waals surface area (Å²) >= 11 is 0. The number of nitrogens with two attached hydrogens (primary N) is 1. The fourth-order valence-electron chi connectivity index (χ4n) is 1.27. The molecule has 0 aliphatic rings. The topological polar surface area (TPSA) is 56.7 Å². The van der Waals surface area contributed by atoms with Crippen LogP contribution in [0.3, 0.4) is 0 Å². The number of hydrogen-bond acceptors (Lipinski definition) is 3. The van der Waals surface area contributed by atoms with Gasteiger partial charge in [0.2, 0.25) is 5.95 Å². The van der Waals surface area contributed by atoms with Gasteiger partial charge in [-0.3, -0.25) is 0 Å². The minimum atomic E-state index is 0.295. The van der Waals surface area contributed by atoms with E-state index in [9.17, 15) is 0 Å². The molecule has 14 heavy (non-hydrogen) atoms. The van der Waals surface area contributed by atoms with E-state index in [1.165, 1.54) is 11.1 Å². The molecule has 0 aliphatic heterocycles. The Labute approximate surface area is 82.4 Å². The summed E-state index contributed by atoms with van der Waals surface area (Å²) in [6.45, 7) is 4.15. The summed E-state index contributed by atoms with van der Waals surface area (Å²) in [4.78, 5) is 3.87. The van der Waals surface area contributed by atoms with Gasteiger partial charge in [0.15, 0.2) is 0 Å². The number of nitrogen functional groups attached to an aromatic ring is 1. The van der Waals surface area contributed by atoms with Crippen LogP contribution in [0, 0.1) is 13.8 Å². The summed E-state index contributed by atoms with van der Waals surface area (Å²) in [5.74, 6) is 0.295. The molecule has 0 aliphatic carbocycles. The van der Waals surface area contributed by atoms with Gasteiger partial charge in [-0.2, -0.15) is 0 Å². The van der Waals surface area contributed by atoms with Crippen LogP contribution in [0.15, 0.2) is 24.5 Å². The highest BCUT2D eigenvalue weighted by Crippen LogP contribution is 2.12. The number of aromatic nitrogens is 3. The molecule has 0 atom stereocenters. The van der Waals surface area contributed by atoms with Crippen molar-refractivity contribution in [1.82, 2.24) is 14.8 Å². The van der Waals surface area contributed by atoms with E-state index in [4.69, 9.17) is 5.73 Å². The first-order valence-electron chi connectivity index (χ1n) is 4.41. The molecule has 72 valence electrons. The lowest BCUT2D eigenvalue weighted by Gasteiger charge is -2.03. The first kappa shape index (κ1) is 8.74. The maximum absolute atomic E-state index is 5.44. The van der Waals surface area contributed by atoms with Gasteiger partial charge in [-0.25, -0.2) is 9.67 Å². The van der Waals surface area contributed by atoms with Crippen molar-refractivity contribution in [3.63, 3.8) is 0 Å². The molecule has 0 bridgehead atoms. The monoisotopic (exact) mass is 188 g/mol. The standard InChI is InChI=1S/C10H12N4/c1-7-3-4-9(5-8(7)2)14-6-12-10(11)13-14/h3-6H,1-2H3,(H2,11,13). The van der Waals surface area contributed by atoms with Crippen molar-refractivity contribution in [2.45, 2.75) is 13.8 Å². The Morgan fingerprint density at radius 2 is 2.00 bits per heavy atom. The Kier molecular flexibility index (Phi) is 1.96. The molecule has 2 aromatic rings. The van der Waals surface area contributed by atoms with Gasteiger partial charge in [-0.15, -0.1) is 5.10 Å². The van der Waals surface area contributed by atoms with Crippen molar-refractivity contribution in [3.8, 4) is 5.69 Å². The molecule has 0 amide bonds. The Bertz CT molecular complexity index is 459. The third-order valence-electron chi connectivity index (χ3n) is 2.26. The second kappa shape index (κ2) is 3.14. The molecule has 2 N–H and O–H groups in total. The Balaban J connectivity index is 2.47. The Morgan fingerprint density at radius 1 is 1.21 bits per heavy atom. The highest BCUT2D eigenvalue weighted by Gasteiger charge is 2.00. The Morgan fingerprint density at radius 3 is 2.57 bits per heavy atom. The van der Waals surface area contributed by atoms with Crippen LogP contribution in [0.4, 0.5) is 5.95 Å². The molecule has 0 radical (unpaired) electrons. The van der Waals surface area contributed by atoms with Crippen molar-refractivity contribution >= 4 is 5.95 Å². The van der Waals surface area contributed by atoms with Crippen LogP contribution in [-0.4, -0.2) is 14.8 Å². The summed E-state index contributed by atoms with van der Waals surface area (Å²) in [7, 11) is 0. The lowest BCUT2D eigenvalue weighted by Crippen LogP contribution is -1.97. The lowest BCUT2D eigenvalue weighted by molar-refractivity contribution is 0.881. The highest BCUT2D eigenvalue weighted by atomic mass is 15.4. The maximum atomic E-state index is 5.44. The molecule has 0 saturated carbocycles. The molecule has 1 heterocycles. The van der Waals surface area contributed by atoms with E-state index in [0.29, 0.717) is 5.95 Å². The van der Waals surface area contributed by atoms with Crippen molar-refractivity contribution in [2.75, 3.05) is 5.73 Å². The largest absolute Gasteiger partial charge is 0.366 e. The number of aryl methyl sites for hydroxylation is 2. The van der Waals surface area contributed by atoms with Gasteiger partial charge in [0, 0.05) is 0 Å². The van der Waals surface area contributed by atoms with Gasteiger partial charge in [0.25, 0.3) is 0 Å². The number of nitrogens with zero attached hydrogens (tertiary/aromatic N) is 3. The smallest absolute Gasteiger partial charge is 0.239 e. The fourth-order valence-corrected chi connectivity index (χ4v) is 1.27. The van der Waals surface area contributed by atoms with Gasteiger partial charge in [-0.1, -0.05) is 6.07 Å².